The molecule has 0 radical (unpaired) electrons. The summed E-state index contributed by atoms with van der Waals surface area (Å²) < 4.78 is 5.04. The molecule has 0 aliphatic carbocycles. The maximum absolute atomic E-state index is 6.08. The molecular weight excluding hydrogens is 278 g/mol. The fraction of sp³-hybridized carbons (Fsp3) is 0.692. The molecule has 0 fully saturated rings. The molecule has 1 heterocycles. The first kappa shape index (κ1) is 16.9. The number of anilines is 2. The molecule has 7 heteroatoms. The van der Waals surface area contributed by atoms with Gasteiger partial charge in [0.05, 0.1) is 12.8 Å². The third-order valence-electron chi connectivity index (χ3n) is 2.74. The van der Waals surface area contributed by atoms with Gasteiger partial charge in [0.15, 0.2) is 5.82 Å². The maximum atomic E-state index is 6.08. The maximum Gasteiger partial charge on any atom is 0.224 e. The van der Waals surface area contributed by atoms with Crippen LogP contribution in [0.5, 0.6) is 0 Å². The molecule has 114 valence electrons. The molecule has 0 unspecified atom stereocenters. The molecule has 0 saturated carbocycles. The van der Waals surface area contributed by atoms with Gasteiger partial charge in [-0.1, -0.05) is 18.5 Å². The third kappa shape index (κ3) is 6.36. The Morgan fingerprint density at radius 3 is 2.80 bits per heavy atom. The van der Waals surface area contributed by atoms with Crippen LogP contribution in [0.25, 0.3) is 0 Å². The molecular formula is C13H24ClN5O. The van der Waals surface area contributed by atoms with Crippen LogP contribution in [0.1, 0.15) is 13.3 Å². The highest BCUT2D eigenvalue weighted by Gasteiger charge is 2.05. The van der Waals surface area contributed by atoms with E-state index in [2.05, 4.69) is 39.5 Å². The second kappa shape index (κ2) is 9.74. The normalized spacial score (nSPS) is 10.8. The smallest absolute Gasteiger partial charge is 0.224 e. The Morgan fingerprint density at radius 1 is 1.30 bits per heavy atom. The summed E-state index contributed by atoms with van der Waals surface area (Å²) in [6, 6.07) is 0. The van der Waals surface area contributed by atoms with Crippen LogP contribution >= 0.6 is 11.6 Å². The van der Waals surface area contributed by atoms with Crippen LogP contribution in [0.2, 0.25) is 5.02 Å². The molecule has 1 aromatic rings. The number of hydrogen-bond donors (Lipinski definition) is 2. The van der Waals surface area contributed by atoms with Gasteiger partial charge in [0, 0.05) is 33.3 Å². The van der Waals surface area contributed by atoms with Crippen molar-refractivity contribution in [3.8, 4) is 0 Å². The molecule has 1 rings (SSSR count). The van der Waals surface area contributed by atoms with Gasteiger partial charge in [0.25, 0.3) is 0 Å². The van der Waals surface area contributed by atoms with Crippen LogP contribution in [0.3, 0.4) is 0 Å². The lowest BCUT2D eigenvalue weighted by Crippen LogP contribution is -2.28. The summed E-state index contributed by atoms with van der Waals surface area (Å²) >= 11 is 6.08. The van der Waals surface area contributed by atoms with Crippen molar-refractivity contribution >= 4 is 23.4 Å². The van der Waals surface area contributed by atoms with Crippen LogP contribution in [-0.4, -0.2) is 61.8 Å². The summed E-state index contributed by atoms with van der Waals surface area (Å²) in [5, 5.41) is 6.91. The van der Waals surface area contributed by atoms with Gasteiger partial charge in [0.1, 0.15) is 5.02 Å². The van der Waals surface area contributed by atoms with Gasteiger partial charge in [-0.15, -0.1) is 0 Å². The zero-order valence-electron chi connectivity index (χ0n) is 12.4. The summed E-state index contributed by atoms with van der Waals surface area (Å²) in [7, 11) is 3.76. The van der Waals surface area contributed by atoms with Gasteiger partial charge in [-0.05, 0) is 13.5 Å². The number of nitrogens with one attached hydrogen (secondary N) is 2. The molecule has 0 aromatic carbocycles. The summed E-state index contributed by atoms with van der Waals surface area (Å²) in [4.78, 5) is 10.7. The zero-order valence-corrected chi connectivity index (χ0v) is 13.2. The Bertz CT molecular complexity index is 391. The van der Waals surface area contributed by atoms with E-state index in [4.69, 9.17) is 16.3 Å². The minimum Gasteiger partial charge on any atom is -0.383 e. The fourth-order valence-corrected chi connectivity index (χ4v) is 1.70. The topological polar surface area (TPSA) is 62.3 Å². The van der Waals surface area contributed by atoms with Crippen molar-refractivity contribution in [2.24, 2.45) is 0 Å². The van der Waals surface area contributed by atoms with Gasteiger partial charge in [0.2, 0.25) is 5.95 Å². The number of hydrogen-bond acceptors (Lipinski definition) is 6. The molecule has 0 aliphatic rings. The molecule has 1 aromatic heterocycles. The number of ether oxygens (including phenoxy) is 1. The first-order valence-electron chi connectivity index (χ1n) is 6.85. The van der Waals surface area contributed by atoms with Gasteiger partial charge in [-0.25, -0.2) is 4.98 Å². The Hall–Kier alpha value is -1.11. The Balaban J connectivity index is 2.42. The summed E-state index contributed by atoms with van der Waals surface area (Å²) in [5.41, 5.74) is 0. The van der Waals surface area contributed by atoms with E-state index in [1.807, 2.05) is 0 Å². The van der Waals surface area contributed by atoms with E-state index in [1.54, 1.807) is 13.3 Å². The quantitative estimate of drug-likeness (QED) is 0.689. The predicted molar refractivity (Wildman–Crippen MR) is 83.7 cm³/mol. The van der Waals surface area contributed by atoms with Crippen LogP contribution in [0.4, 0.5) is 11.8 Å². The monoisotopic (exact) mass is 301 g/mol. The van der Waals surface area contributed by atoms with E-state index < -0.39 is 0 Å². The van der Waals surface area contributed by atoms with Crippen molar-refractivity contribution in [1.82, 2.24) is 14.9 Å². The summed E-state index contributed by atoms with van der Waals surface area (Å²) in [5.74, 6) is 1.27. The zero-order chi connectivity index (χ0) is 14.8. The minimum atomic E-state index is 0.534. The fourth-order valence-electron chi connectivity index (χ4n) is 1.54. The highest BCUT2D eigenvalue weighted by Crippen LogP contribution is 2.18. The predicted octanol–water partition coefficient (Wildman–Crippen LogP) is 1.94. The molecule has 2 N–H and O–H groups in total. The lowest BCUT2D eigenvalue weighted by Gasteiger charge is -2.16. The highest BCUT2D eigenvalue weighted by atomic mass is 35.5. The second-order valence-electron chi connectivity index (χ2n) is 4.54. The van der Waals surface area contributed by atoms with Gasteiger partial charge in [-0.2, -0.15) is 4.98 Å². The van der Waals surface area contributed by atoms with Crippen LogP contribution in [-0.2, 0) is 4.74 Å². The number of rotatable bonds is 10. The lowest BCUT2D eigenvalue weighted by atomic mass is 10.4. The minimum absolute atomic E-state index is 0.534. The number of halogens is 1. The first-order valence-corrected chi connectivity index (χ1v) is 7.23. The number of methoxy groups -OCH3 is 1. The molecule has 0 aliphatic heterocycles. The average molecular weight is 302 g/mol. The number of aromatic nitrogens is 2. The van der Waals surface area contributed by atoms with Gasteiger partial charge < -0.3 is 20.3 Å². The van der Waals surface area contributed by atoms with Crippen molar-refractivity contribution in [1.29, 1.82) is 0 Å². The number of nitrogens with zero attached hydrogens (tertiary/aromatic N) is 3. The Morgan fingerprint density at radius 2 is 2.10 bits per heavy atom. The van der Waals surface area contributed by atoms with E-state index in [0.717, 1.165) is 39.2 Å². The standard InChI is InChI=1S/C13H24ClN5O/c1-4-5-16-13-17-10-11(14)12(18-13)15-6-7-19(2)8-9-20-3/h10H,4-9H2,1-3H3,(H2,15,16,17,18). The van der Waals surface area contributed by atoms with E-state index in [0.29, 0.717) is 16.8 Å². The summed E-state index contributed by atoms with van der Waals surface area (Å²) in [6.45, 7) is 6.24. The van der Waals surface area contributed by atoms with Crippen molar-refractivity contribution in [3.05, 3.63) is 11.2 Å². The molecule has 0 bridgehead atoms. The Kier molecular flexibility index (Phi) is 8.25. The first-order chi connectivity index (χ1) is 9.67. The third-order valence-corrected chi connectivity index (χ3v) is 3.02. The van der Waals surface area contributed by atoms with Crippen LogP contribution in [0.15, 0.2) is 6.20 Å². The van der Waals surface area contributed by atoms with Gasteiger partial charge in [-0.3, -0.25) is 0 Å². The average Bonchev–Trinajstić information content (AvgIpc) is 2.45. The van der Waals surface area contributed by atoms with Crippen LogP contribution in [0, 0.1) is 0 Å². The molecule has 0 saturated heterocycles. The molecule has 0 atom stereocenters. The highest BCUT2D eigenvalue weighted by molar-refractivity contribution is 6.32. The lowest BCUT2D eigenvalue weighted by molar-refractivity contribution is 0.163. The molecule has 0 spiro atoms. The second-order valence-corrected chi connectivity index (χ2v) is 4.95. The number of likely N-dealkylation sites (N-methyl/N-ethyl adjacent to an activating group) is 1. The van der Waals surface area contributed by atoms with Crippen LogP contribution < -0.4 is 10.6 Å². The van der Waals surface area contributed by atoms with Crippen molar-refractivity contribution in [3.63, 3.8) is 0 Å². The van der Waals surface area contributed by atoms with E-state index in [9.17, 15) is 0 Å². The van der Waals surface area contributed by atoms with Gasteiger partial charge >= 0.3 is 0 Å². The van der Waals surface area contributed by atoms with E-state index in [1.165, 1.54) is 0 Å². The largest absolute Gasteiger partial charge is 0.383 e. The van der Waals surface area contributed by atoms with E-state index in [-0.39, 0.29) is 0 Å². The van der Waals surface area contributed by atoms with Crippen molar-refractivity contribution in [2.75, 3.05) is 57.6 Å². The van der Waals surface area contributed by atoms with Crippen molar-refractivity contribution in [2.45, 2.75) is 13.3 Å². The SMILES string of the molecule is CCCNc1ncc(Cl)c(NCCN(C)CCOC)n1. The Labute approximate surface area is 125 Å². The summed E-state index contributed by atoms with van der Waals surface area (Å²) in [6.07, 6.45) is 2.64. The molecule has 6 nitrogen and oxygen atoms in total. The van der Waals surface area contributed by atoms with E-state index >= 15 is 0 Å². The molecule has 0 amide bonds. The molecule has 20 heavy (non-hydrogen) atoms. The van der Waals surface area contributed by atoms with Crippen molar-refractivity contribution < 1.29 is 4.74 Å².